The topological polar surface area (TPSA) is 29.1 Å². The van der Waals surface area contributed by atoms with Crippen molar-refractivity contribution in [2.45, 2.75) is 24.3 Å². The molecule has 0 unspecified atom stereocenters. The van der Waals surface area contributed by atoms with Crippen LogP contribution in [0.3, 0.4) is 0 Å². The summed E-state index contributed by atoms with van der Waals surface area (Å²) in [5.74, 6) is 0.836. The molecule has 2 rings (SSSR count). The largest absolute Gasteiger partial charge is 0.350 e. The summed E-state index contributed by atoms with van der Waals surface area (Å²) < 4.78 is 0. The number of hydrogen-bond donors (Lipinski definition) is 1. The third-order valence-corrected chi connectivity index (χ3v) is 4.35. The molecule has 0 bridgehead atoms. The van der Waals surface area contributed by atoms with Gasteiger partial charge in [-0.3, -0.25) is 4.79 Å². The Morgan fingerprint density at radius 1 is 1.14 bits per heavy atom. The molecule has 1 atom stereocenters. The summed E-state index contributed by atoms with van der Waals surface area (Å²) in [7, 11) is 0. The summed E-state index contributed by atoms with van der Waals surface area (Å²) in [6.45, 7) is 2.00. The number of hydrogen-bond acceptors (Lipinski definition) is 2. The molecule has 0 aromatic heterocycles. The fraction of sp³-hybridized carbons (Fsp3) is 0.235. The number of rotatable bonds is 6. The second-order valence-electron chi connectivity index (χ2n) is 4.75. The van der Waals surface area contributed by atoms with E-state index >= 15 is 0 Å². The predicted octanol–water partition coefficient (Wildman–Crippen LogP) is 4.70. The number of thioether (sulfide) groups is 1. The zero-order valence-electron chi connectivity index (χ0n) is 11.9. The first-order valence-corrected chi connectivity index (χ1v) is 8.24. The van der Waals surface area contributed by atoms with Crippen molar-refractivity contribution in [3.8, 4) is 0 Å². The van der Waals surface area contributed by atoms with Crippen molar-refractivity contribution in [1.82, 2.24) is 5.32 Å². The van der Waals surface area contributed by atoms with Gasteiger partial charge in [0.2, 0.25) is 5.91 Å². The zero-order chi connectivity index (χ0) is 15.1. The average molecular weight is 320 g/mol. The van der Waals surface area contributed by atoms with E-state index in [9.17, 15) is 4.79 Å². The first-order valence-electron chi connectivity index (χ1n) is 6.88. The number of carbonyl (C=O) groups is 1. The van der Waals surface area contributed by atoms with Gasteiger partial charge < -0.3 is 5.32 Å². The van der Waals surface area contributed by atoms with E-state index in [-0.39, 0.29) is 11.9 Å². The molecule has 0 heterocycles. The van der Waals surface area contributed by atoms with Gasteiger partial charge in [-0.25, -0.2) is 0 Å². The molecule has 21 heavy (non-hydrogen) atoms. The van der Waals surface area contributed by atoms with Crippen molar-refractivity contribution in [3.05, 3.63) is 65.2 Å². The first kappa shape index (κ1) is 15.9. The molecule has 0 spiro atoms. The van der Waals surface area contributed by atoms with Crippen molar-refractivity contribution in [2.75, 3.05) is 5.75 Å². The van der Waals surface area contributed by atoms with Crippen LogP contribution in [0.5, 0.6) is 0 Å². The molecule has 2 aromatic rings. The lowest BCUT2D eigenvalue weighted by atomic mass is 10.1. The van der Waals surface area contributed by atoms with Gasteiger partial charge in [-0.15, -0.1) is 11.8 Å². The molecular weight excluding hydrogens is 302 g/mol. The summed E-state index contributed by atoms with van der Waals surface area (Å²) >= 11 is 7.50. The van der Waals surface area contributed by atoms with Gasteiger partial charge in [0.25, 0.3) is 0 Å². The highest BCUT2D eigenvalue weighted by Crippen LogP contribution is 2.21. The Morgan fingerprint density at radius 2 is 1.81 bits per heavy atom. The Balaban J connectivity index is 1.73. The van der Waals surface area contributed by atoms with E-state index in [1.54, 1.807) is 11.8 Å². The summed E-state index contributed by atoms with van der Waals surface area (Å²) in [5, 5.41) is 3.75. The maximum absolute atomic E-state index is 11.9. The van der Waals surface area contributed by atoms with Crippen LogP contribution in [0.25, 0.3) is 0 Å². The van der Waals surface area contributed by atoms with Crippen LogP contribution in [-0.2, 0) is 4.79 Å². The van der Waals surface area contributed by atoms with Crippen LogP contribution in [0, 0.1) is 0 Å². The summed E-state index contributed by atoms with van der Waals surface area (Å²) in [6.07, 6.45) is 0.504. The first-order chi connectivity index (χ1) is 10.1. The Hall–Kier alpha value is -1.45. The zero-order valence-corrected chi connectivity index (χ0v) is 13.5. The highest BCUT2D eigenvalue weighted by molar-refractivity contribution is 7.99. The van der Waals surface area contributed by atoms with Crippen molar-refractivity contribution >= 4 is 29.3 Å². The van der Waals surface area contributed by atoms with Crippen LogP contribution in [-0.4, -0.2) is 11.7 Å². The van der Waals surface area contributed by atoms with Crippen LogP contribution in [0.15, 0.2) is 59.5 Å². The Kier molecular flexibility index (Phi) is 6.15. The number of nitrogens with one attached hydrogen (secondary N) is 1. The van der Waals surface area contributed by atoms with E-state index in [0.29, 0.717) is 6.42 Å². The minimum absolute atomic E-state index is 0.0410. The molecular formula is C17H18ClNOS. The molecule has 1 amide bonds. The fourth-order valence-corrected chi connectivity index (χ4v) is 2.91. The molecule has 0 saturated carbocycles. The van der Waals surface area contributed by atoms with Crippen molar-refractivity contribution in [1.29, 1.82) is 0 Å². The number of amides is 1. The molecule has 0 saturated heterocycles. The molecule has 2 nitrogen and oxygen atoms in total. The fourth-order valence-electron chi connectivity index (χ4n) is 1.93. The highest BCUT2D eigenvalue weighted by Gasteiger charge is 2.08. The molecule has 0 aliphatic rings. The van der Waals surface area contributed by atoms with Crippen LogP contribution in [0.4, 0.5) is 0 Å². The Morgan fingerprint density at radius 3 is 2.48 bits per heavy atom. The summed E-state index contributed by atoms with van der Waals surface area (Å²) in [6, 6.07) is 17.7. The minimum atomic E-state index is 0.0410. The van der Waals surface area contributed by atoms with Gasteiger partial charge in [-0.1, -0.05) is 41.9 Å². The van der Waals surface area contributed by atoms with Crippen LogP contribution < -0.4 is 5.32 Å². The minimum Gasteiger partial charge on any atom is -0.350 e. The van der Waals surface area contributed by atoms with E-state index in [2.05, 4.69) is 5.32 Å². The molecule has 4 heteroatoms. The van der Waals surface area contributed by atoms with Gasteiger partial charge in [0.1, 0.15) is 0 Å². The lowest BCUT2D eigenvalue weighted by Gasteiger charge is -2.14. The number of carbonyl (C=O) groups excluding carboxylic acids is 1. The summed E-state index contributed by atoms with van der Waals surface area (Å²) in [4.78, 5) is 13.1. The molecule has 110 valence electrons. The van der Waals surface area contributed by atoms with Gasteiger partial charge >= 0.3 is 0 Å². The van der Waals surface area contributed by atoms with E-state index in [1.165, 1.54) is 0 Å². The van der Waals surface area contributed by atoms with Crippen LogP contribution >= 0.6 is 23.4 Å². The van der Waals surface area contributed by atoms with Gasteiger partial charge in [-0.2, -0.15) is 0 Å². The van der Waals surface area contributed by atoms with Gasteiger partial charge in [0.15, 0.2) is 0 Å². The third kappa shape index (κ3) is 5.44. The highest BCUT2D eigenvalue weighted by atomic mass is 35.5. The van der Waals surface area contributed by atoms with E-state index in [0.717, 1.165) is 21.2 Å². The number of benzene rings is 2. The van der Waals surface area contributed by atoms with E-state index in [1.807, 2.05) is 61.5 Å². The standard InChI is InChI=1S/C17H18ClNOS/c1-13(14-5-3-2-4-6-14)19-17(20)11-12-21-16-9-7-15(18)8-10-16/h2-10,13H,11-12H2,1H3,(H,19,20)/t13-/m0/s1. The quantitative estimate of drug-likeness (QED) is 0.782. The summed E-state index contributed by atoms with van der Waals surface area (Å²) in [5.41, 5.74) is 1.12. The van der Waals surface area contributed by atoms with E-state index < -0.39 is 0 Å². The molecule has 0 aliphatic heterocycles. The van der Waals surface area contributed by atoms with Gasteiger partial charge in [-0.05, 0) is 36.8 Å². The monoisotopic (exact) mass is 319 g/mol. The molecule has 0 radical (unpaired) electrons. The third-order valence-electron chi connectivity index (χ3n) is 3.09. The maximum Gasteiger partial charge on any atom is 0.221 e. The number of halogens is 1. The predicted molar refractivity (Wildman–Crippen MR) is 89.8 cm³/mol. The van der Waals surface area contributed by atoms with Crippen molar-refractivity contribution in [3.63, 3.8) is 0 Å². The normalized spacial score (nSPS) is 11.9. The molecule has 0 aliphatic carbocycles. The van der Waals surface area contributed by atoms with Gasteiger partial charge in [0, 0.05) is 22.1 Å². The second-order valence-corrected chi connectivity index (χ2v) is 6.36. The van der Waals surface area contributed by atoms with Crippen LogP contribution in [0.1, 0.15) is 24.9 Å². The lowest BCUT2D eigenvalue weighted by Crippen LogP contribution is -2.26. The Bertz CT molecular complexity index is 571. The maximum atomic E-state index is 11.9. The van der Waals surface area contributed by atoms with Crippen molar-refractivity contribution in [2.24, 2.45) is 0 Å². The molecule has 1 N–H and O–H groups in total. The smallest absolute Gasteiger partial charge is 0.221 e. The van der Waals surface area contributed by atoms with E-state index in [4.69, 9.17) is 11.6 Å². The SMILES string of the molecule is C[C@H](NC(=O)CCSc1ccc(Cl)cc1)c1ccccc1. The van der Waals surface area contributed by atoms with Gasteiger partial charge in [0.05, 0.1) is 6.04 Å². The lowest BCUT2D eigenvalue weighted by molar-refractivity contribution is -0.121. The Labute approximate surface area is 134 Å². The second kappa shape index (κ2) is 8.11. The van der Waals surface area contributed by atoms with Crippen LogP contribution in [0.2, 0.25) is 5.02 Å². The molecule has 2 aromatic carbocycles. The molecule has 0 fully saturated rings. The van der Waals surface area contributed by atoms with Crippen molar-refractivity contribution < 1.29 is 4.79 Å². The average Bonchev–Trinajstić information content (AvgIpc) is 2.50.